The van der Waals surface area contributed by atoms with Gasteiger partial charge in [-0.15, -0.1) is 0 Å². The zero-order valence-electron chi connectivity index (χ0n) is 12.1. The lowest BCUT2D eigenvalue weighted by Gasteiger charge is -2.22. The van der Waals surface area contributed by atoms with Crippen molar-refractivity contribution in [3.05, 3.63) is 30.3 Å². The molecule has 0 aromatic heterocycles. The van der Waals surface area contributed by atoms with E-state index in [0.29, 0.717) is 25.9 Å². The lowest BCUT2D eigenvalue weighted by molar-refractivity contribution is -0.133. The molecule has 3 heterocycles. The Labute approximate surface area is 128 Å². The monoisotopic (exact) mass is 299 g/mol. The van der Waals surface area contributed by atoms with Crippen molar-refractivity contribution in [3.63, 3.8) is 0 Å². The Morgan fingerprint density at radius 2 is 1.64 bits per heavy atom. The number of anilines is 1. The summed E-state index contributed by atoms with van der Waals surface area (Å²) in [6.45, 7) is 1.16. The zero-order chi connectivity index (χ0) is 15.3. The van der Waals surface area contributed by atoms with Crippen LogP contribution in [0.1, 0.15) is 19.3 Å². The number of hydrogen-bond acceptors (Lipinski definition) is 3. The first-order valence-corrected chi connectivity index (χ1v) is 7.68. The Hall–Kier alpha value is -2.37. The van der Waals surface area contributed by atoms with E-state index < -0.39 is 6.04 Å². The smallest absolute Gasteiger partial charge is 0.312 e. The van der Waals surface area contributed by atoms with Crippen LogP contribution < -0.4 is 4.90 Å². The second-order valence-electron chi connectivity index (χ2n) is 5.97. The molecule has 3 fully saturated rings. The summed E-state index contributed by atoms with van der Waals surface area (Å²) in [4.78, 5) is 42.0. The number of hydrogen-bond donors (Lipinski definition) is 0. The maximum absolute atomic E-state index is 12.7. The molecule has 3 aliphatic heterocycles. The van der Waals surface area contributed by atoms with Gasteiger partial charge in [-0.2, -0.15) is 0 Å². The number of carbonyl (C=O) groups excluding carboxylic acids is 3. The van der Waals surface area contributed by atoms with Crippen LogP contribution in [0.2, 0.25) is 0 Å². The maximum Gasteiger partial charge on any atom is 0.328 e. The molecule has 3 saturated heterocycles. The van der Waals surface area contributed by atoms with Crippen LogP contribution >= 0.6 is 0 Å². The first-order chi connectivity index (χ1) is 10.7. The van der Waals surface area contributed by atoms with Crippen LogP contribution in [0.25, 0.3) is 0 Å². The minimum atomic E-state index is -0.647. The average Bonchev–Trinajstić information content (AvgIpc) is 3.20. The summed E-state index contributed by atoms with van der Waals surface area (Å²) in [5.74, 6) is -0.357. The highest BCUT2D eigenvalue weighted by Crippen LogP contribution is 2.32. The summed E-state index contributed by atoms with van der Waals surface area (Å²) in [5, 5.41) is 0. The Morgan fingerprint density at radius 3 is 2.36 bits per heavy atom. The number of rotatable bonds is 2. The fourth-order valence-electron chi connectivity index (χ4n) is 3.70. The van der Waals surface area contributed by atoms with Gasteiger partial charge in [0.15, 0.2) is 0 Å². The van der Waals surface area contributed by atoms with Crippen LogP contribution in [-0.2, 0) is 9.59 Å². The number of fused-ring (bicyclic) bond motifs is 1. The zero-order valence-corrected chi connectivity index (χ0v) is 12.1. The molecule has 0 radical (unpaired) electrons. The van der Waals surface area contributed by atoms with Crippen LogP contribution in [0.5, 0.6) is 0 Å². The van der Waals surface area contributed by atoms with Gasteiger partial charge in [0.25, 0.3) is 5.91 Å². The Kier molecular flexibility index (Phi) is 2.92. The third-order valence-electron chi connectivity index (χ3n) is 4.78. The highest BCUT2D eigenvalue weighted by Gasteiger charge is 2.53. The minimum absolute atomic E-state index is 0.158. The number of amides is 4. The fraction of sp³-hybridized carbons (Fsp3) is 0.438. The van der Waals surface area contributed by atoms with Crippen LogP contribution in [0.3, 0.4) is 0 Å². The van der Waals surface area contributed by atoms with Gasteiger partial charge in [0.05, 0.1) is 0 Å². The normalized spacial score (nSPS) is 28.0. The van der Waals surface area contributed by atoms with E-state index in [4.69, 9.17) is 0 Å². The predicted molar refractivity (Wildman–Crippen MR) is 79.2 cm³/mol. The molecule has 0 spiro atoms. The van der Waals surface area contributed by atoms with Crippen molar-refractivity contribution in [2.45, 2.75) is 31.3 Å². The Balaban J connectivity index is 1.59. The van der Waals surface area contributed by atoms with E-state index in [1.807, 2.05) is 30.3 Å². The van der Waals surface area contributed by atoms with E-state index in [1.54, 1.807) is 9.80 Å². The molecule has 4 rings (SSSR count). The summed E-state index contributed by atoms with van der Waals surface area (Å²) in [7, 11) is 0. The van der Waals surface area contributed by atoms with Crippen molar-refractivity contribution in [2.75, 3.05) is 18.0 Å². The van der Waals surface area contributed by atoms with Gasteiger partial charge in [0, 0.05) is 18.8 Å². The molecule has 6 heteroatoms. The first kappa shape index (κ1) is 13.3. The maximum atomic E-state index is 12.7. The fourth-order valence-corrected chi connectivity index (χ4v) is 3.70. The molecule has 1 aromatic carbocycles. The third-order valence-corrected chi connectivity index (χ3v) is 4.78. The highest BCUT2D eigenvalue weighted by atomic mass is 16.2. The summed E-state index contributed by atoms with van der Waals surface area (Å²) < 4.78 is 0. The van der Waals surface area contributed by atoms with Crippen LogP contribution in [-0.4, -0.2) is 52.8 Å². The van der Waals surface area contributed by atoms with Gasteiger partial charge in [-0.05, 0) is 31.4 Å². The minimum Gasteiger partial charge on any atom is -0.312 e. The first-order valence-electron chi connectivity index (χ1n) is 7.68. The van der Waals surface area contributed by atoms with Crippen molar-refractivity contribution in [3.8, 4) is 0 Å². The van der Waals surface area contributed by atoms with E-state index >= 15 is 0 Å². The van der Waals surface area contributed by atoms with Crippen LogP contribution in [0, 0.1) is 0 Å². The molecule has 3 aliphatic rings. The van der Waals surface area contributed by atoms with E-state index in [2.05, 4.69) is 0 Å². The number of carbonyl (C=O) groups is 3. The van der Waals surface area contributed by atoms with Crippen molar-refractivity contribution in [2.24, 2.45) is 0 Å². The van der Waals surface area contributed by atoms with Crippen molar-refractivity contribution < 1.29 is 14.4 Å². The lowest BCUT2D eigenvalue weighted by Crippen LogP contribution is -2.46. The highest BCUT2D eigenvalue weighted by molar-refractivity contribution is 6.10. The molecule has 1 aromatic rings. The quantitative estimate of drug-likeness (QED) is 0.771. The lowest BCUT2D eigenvalue weighted by atomic mass is 10.1. The number of benzene rings is 1. The number of para-hydroxylation sites is 1. The molecule has 22 heavy (non-hydrogen) atoms. The molecule has 1 unspecified atom stereocenters. The van der Waals surface area contributed by atoms with Crippen molar-refractivity contribution in [1.29, 1.82) is 0 Å². The number of urea groups is 1. The second kappa shape index (κ2) is 4.83. The SMILES string of the molecule is O=C1C(N2C(=O)[C@H]3CCCN3C2=O)CCN1c1ccccc1. The molecule has 2 atom stereocenters. The molecule has 0 aliphatic carbocycles. The summed E-state index contributed by atoms with van der Waals surface area (Å²) >= 11 is 0. The number of imide groups is 1. The van der Waals surface area contributed by atoms with Gasteiger partial charge < -0.3 is 9.80 Å². The van der Waals surface area contributed by atoms with Gasteiger partial charge in [0.2, 0.25) is 5.91 Å². The summed E-state index contributed by atoms with van der Waals surface area (Å²) in [6.07, 6.45) is 2.08. The van der Waals surface area contributed by atoms with Gasteiger partial charge in [0.1, 0.15) is 12.1 Å². The van der Waals surface area contributed by atoms with E-state index in [1.165, 1.54) is 4.90 Å². The molecule has 0 saturated carbocycles. The molecule has 4 amide bonds. The molecular formula is C16H17N3O3. The van der Waals surface area contributed by atoms with E-state index in [-0.39, 0.29) is 23.9 Å². The second-order valence-corrected chi connectivity index (χ2v) is 5.97. The average molecular weight is 299 g/mol. The largest absolute Gasteiger partial charge is 0.328 e. The predicted octanol–water partition coefficient (Wildman–Crippen LogP) is 1.22. The summed E-state index contributed by atoms with van der Waals surface area (Å²) in [5.41, 5.74) is 0.814. The third kappa shape index (κ3) is 1.76. The Morgan fingerprint density at radius 1 is 0.864 bits per heavy atom. The topological polar surface area (TPSA) is 60.9 Å². The van der Waals surface area contributed by atoms with Crippen molar-refractivity contribution >= 4 is 23.5 Å². The van der Waals surface area contributed by atoms with Gasteiger partial charge >= 0.3 is 6.03 Å². The number of nitrogens with zero attached hydrogens (tertiary/aromatic N) is 3. The molecule has 0 bridgehead atoms. The van der Waals surface area contributed by atoms with Gasteiger partial charge in [-0.1, -0.05) is 18.2 Å². The molecule has 114 valence electrons. The van der Waals surface area contributed by atoms with Gasteiger partial charge in [-0.3, -0.25) is 9.59 Å². The molecule has 6 nitrogen and oxygen atoms in total. The van der Waals surface area contributed by atoms with Crippen molar-refractivity contribution in [1.82, 2.24) is 9.80 Å². The van der Waals surface area contributed by atoms with Gasteiger partial charge in [-0.25, -0.2) is 9.69 Å². The van der Waals surface area contributed by atoms with Crippen LogP contribution in [0.15, 0.2) is 30.3 Å². The van der Waals surface area contributed by atoms with E-state index in [0.717, 1.165) is 12.1 Å². The Bertz CT molecular complexity index is 623. The van der Waals surface area contributed by atoms with Crippen LogP contribution in [0.4, 0.5) is 10.5 Å². The molecular weight excluding hydrogens is 282 g/mol. The molecule has 0 N–H and O–H groups in total. The summed E-state index contributed by atoms with van der Waals surface area (Å²) in [6, 6.07) is 8.09. The van der Waals surface area contributed by atoms with E-state index in [9.17, 15) is 14.4 Å². The standard InChI is InChI=1S/C16H17N3O3/c20-14-13(8-10-17(14)11-5-2-1-3-6-11)19-15(21)12-7-4-9-18(12)16(19)22/h1-3,5-6,12-13H,4,7-10H2/t12-,13?/m1/s1.